The molecular weight excluding hydrogens is 290 g/mol. The van der Waals surface area contributed by atoms with Gasteiger partial charge in [-0.15, -0.1) is 0 Å². The van der Waals surface area contributed by atoms with Gasteiger partial charge in [0, 0.05) is 29.1 Å². The predicted molar refractivity (Wildman–Crippen MR) is 81.1 cm³/mol. The van der Waals surface area contributed by atoms with Gasteiger partial charge in [0.15, 0.2) is 0 Å². The maximum Gasteiger partial charge on any atom is 0.0546 e. The third kappa shape index (κ3) is 5.98. The van der Waals surface area contributed by atoms with Crippen molar-refractivity contribution in [2.75, 3.05) is 19.8 Å². The molecule has 102 valence electrons. The van der Waals surface area contributed by atoms with Crippen molar-refractivity contribution >= 4 is 15.9 Å². The van der Waals surface area contributed by atoms with Crippen LogP contribution in [0.25, 0.3) is 0 Å². The first-order valence-electron chi connectivity index (χ1n) is 6.50. The second kappa shape index (κ2) is 7.27. The molecule has 0 amide bonds. The Bertz CT molecular complexity index is 360. The van der Waals surface area contributed by atoms with Crippen molar-refractivity contribution in [3.63, 3.8) is 0 Å². The summed E-state index contributed by atoms with van der Waals surface area (Å²) in [4.78, 5) is 0. The van der Waals surface area contributed by atoms with Gasteiger partial charge in [-0.3, -0.25) is 0 Å². The Morgan fingerprint density at radius 3 is 2.61 bits per heavy atom. The zero-order valence-electron chi connectivity index (χ0n) is 11.8. The van der Waals surface area contributed by atoms with Crippen LogP contribution in [0.2, 0.25) is 0 Å². The minimum atomic E-state index is 0.135. The average Bonchev–Trinajstić information content (AvgIpc) is 2.28. The summed E-state index contributed by atoms with van der Waals surface area (Å²) in [6.07, 6.45) is 0. The first kappa shape index (κ1) is 15.7. The summed E-state index contributed by atoms with van der Waals surface area (Å²) in [5.74, 6) is 0.390. The maximum absolute atomic E-state index is 5.60. The monoisotopic (exact) mass is 313 g/mol. The lowest BCUT2D eigenvalue weighted by molar-refractivity contribution is 0.129. The smallest absolute Gasteiger partial charge is 0.0546 e. The molecule has 0 aliphatic carbocycles. The summed E-state index contributed by atoms with van der Waals surface area (Å²) in [5.41, 5.74) is 1.45. The first-order chi connectivity index (χ1) is 8.42. The predicted octanol–water partition coefficient (Wildman–Crippen LogP) is 3.96. The zero-order chi connectivity index (χ0) is 13.6. The molecule has 2 nitrogen and oxygen atoms in total. The van der Waals surface area contributed by atoms with Gasteiger partial charge in [-0.25, -0.2) is 0 Å². The van der Waals surface area contributed by atoms with Crippen LogP contribution < -0.4 is 5.32 Å². The molecule has 3 heteroatoms. The molecule has 0 radical (unpaired) electrons. The Morgan fingerprint density at radius 2 is 2.06 bits per heavy atom. The highest BCUT2D eigenvalue weighted by Gasteiger charge is 2.16. The standard InChI is InChI=1S/C15H24BrNO/c1-5-18-11-13(10-17-15(2,3)4)12-7-6-8-14(16)9-12/h6-9,13,17H,5,10-11H2,1-4H3. The number of halogens is 1. The van der Waals surface area contributed by atoms with Gasteiger partial charge < -0.3 is 10.1 Å². The van der Waals surface area contributed by atoms with Gasteiger partial charge in [0.05, 0.1) is 6.61 Å². The number of benzene rings is 1. The second-order valence-corrected chi connectivity index (χ2v) is 6.46. The average molecular weight is 314 g/mol. The third-order valence-corrected chi connectivity index (χ3v) is 3.22. The molecular formula is C15H24BrNO. The van der Waals surface area contributed by atoms with Gasteiger partial charge >= 0.3 is 0 Å². The molecule has 0 spiro atoms. The van der Waals surface area contributed by atoms with Crippen LogP contribution in [0.15, 0.2) is 28.7 Å². The molecule has 1 aromatic rings. The quantitative estimate of drug-likeness (QED) is 0.858. The highest BCUT2D eigenvalue weighted by molar-refractivity contribution is 9.10. The van der Waals surface area contributed by atoms with E-state index in [-0.39, 0.29) is 5.54 Å². The fourth-order valence-electron chi connectivity index (χ4n) is 1.72. The van der Waals surface area contributed by atoms with Gasteiger partial charge in [0.1, 0.15) is 0 Å². The topological polar surface area (TPSA) is 21.3 Å². The van der Waals surface area contributed by atoms with E-state index in [9.17, 15) is 0 Å². The van der Waals surface area contributed by atoms with Crippen LogP contribution in [-0.2, 0) is 4.74 Å². The van der Waals surface area contributed by atoms with Crippen molar-refractivity contribution in [2.45, 2.75) is 39.2 Å². The lowest BCUT2D eigenvalue weighted by atomic mass is 9.98. The Hall–Kier alpha value is -0.380. The summed E-state index contributed by atoms with van der Waals surface area (Å²) in [6.45, 7) is 11.0. The van der Waals surface area contributed by atoms with Crippen molar-refractivity contribution in [2.24, 2.45) is 0 Å². The van der Waals surface area contributed by atoms with Crippen molar-refractivity contribution in [1.29, 1.82) is 0 Å². The summed E-state index contributed by atoms with van der Waals surface area (Å²) < 4.78 is 6.72. The number of rotatable bonds is 6. The lowest BCUT2D eigenvalue weighted by Crippen LogP contribution is -2.39. The van der Waals surface area contributed by atoms with Crippen LogP contribution in [-0.4, -0.2) is 25.3 Å². The van der Waals surface area contributed by atoms with Gasteiger partial charge in [0.2, 0.25) is 0 Å². The fraction of sp³-hybridized carbons (Fsp3) is 0.600. The maximum atomic E-state index is 5.60. The molecule has 0 aliphatic heterocycles. The SMILES string of the molecule is CCOCC(CNC(C)(C)C)c1cccc(Br)c1. The molecule has 0 bridgehead atoms. The Morgan fingerprint density at radius 1 is 1.33 bits per heavy atom. The van der Waals surface area contributed by atoms with E-state index in [0.717, 1.165) is 24.2 Å². The second-order valence-electron chi connectivity index (χ2n) is 5.54. The molecule has 0 aliphatic rings. The summed E-state index contributed by atoms with van der Waals surface area (Å²) >= 11 is 3.53. The van der Waals surface area contributed by atoms with E-state index < -0.39 is 0 Å². The molecule has 1 unspecified atom stereocenters. The lowest BCUT2D eigenvalue weighted by Gasteiger charge is -2.25. The molecule has 0 aromatic heterocycles. The minimum absolute atomic E-state index is 0.135. The van der Waals surface area contributed by atoms with Crippen LogP contribution in [0.3, 0.4) is 0 Å². The molecule has 1 aromatic carbocycles. The molecule has 1 rings (SSSR count). The molecule has 0 saturated heterocycles. The van der Waals surface area contributed by atoms with Gasteiger partial charge in [0.25, 0.3) is 0 Å². The number of hydrogen-bond donors (Lipinski definition) is 1. The van der Waals surface area contributed by atoms with E-state index >= 15 is 0 Å². The van der Waals surface area contributed by atoms with Crippen LogP contribution in [0.5, 0.6) is 0 Å². The van der Waals surface area contributed by atoms with E-state index in [1.54, 1.807) is 0 Å². The minimum Gasteiger partial charge on any atom is -0.381 e. The summed E-state index contributed by atoms with van der Waals surface area (Å²) in [6, 6.07) is 8.47. The van der Waals surface area contributed by atoms with Crippen LogP contribution in [0, 0.1) is 0 Å². The van der Waals surface area contributed by atoms with Crippen molar-refractivity contribution in [3.8, 4) is 0 Å². The van der Waals surface area contributed by atoms with E-state index in [0.29, 0.717) is 5.92 Å². The van der Waals surface area contributed by atoms with Crippen LogP contribution in [0.4, 0.5) is 0 Å². The third-order valence-electron chi connectivity index (χ3n) is 2.72. The molecule has 0 fully saturated rings. The first-order valence-corrected chi connectivity index (χ1v) is 7.30. The summed E-state index contributed by atoms with van der Waals surface area (Å²) in [7, 11) is 0. The molecule has 1 atom stereocenters. The van der Waals surface area contributed by atoms with Gasteiger partial charge in [-0.1, -0.05) is 28.1 Å². The Balaban J connectivity index is 2.71. The van der Waals surface area contributed by atoms with Crippen LogP contribution in [0.1, 0.15) is 39.2 Å². The highest BCUT2D eigenvalue weighted by atomic mass is 79.9. The van der Waals surface area contributed by atoms with E-state index in [1.165, 1.54) is 5.56 Å². The molecule has 0 heterocycles. The number of hydrogen-bond acceptors (Lipinski definition) is 2. The molecule has 18 heavy (non-hydrogen) atoms. The number of nitrogens with one attached hydrogen (secondary N) is 1. The highest BCUT2D eigenvalue weighted by Crippen LogP contribution is 2.20. The van der Waals surface area contributed by atoms with E-state index in [2.05, 4.69) is 66.3 Å². The zero-order valence-corrected chi connectivity index (χ0v) is 13.4. The fourth-order valence-corrected chi connectivity index (χ4v) is 2.14. The van der Waals surface area contributed by atoms with Crippen molar-refractivity contribution < 1.29 is 4.74 Å². The molecule has 0 saturated carbocycles. The van der Waals surface area contributed by atoms with Crippen molar-refractivity contribution in [1.82, 2.24) is 5.32 Å². The van der Waals surface area contributed by atoms with E-state index in [4.69, 9.17) is 4.74 Å². The largest absolute Gasteiger partial charge is 0.381 e. The Labute approximate surface area is 119 Å². The summed E-state index contributed by atoms with van der Waals surface area (Å²) in [5, 5.41) is 3.55. The number of ether oxygens (including phenoxy) is 1. The van der Waals surface area contributed by atoms with E-state index in [1.807, 2.05) is 6.92 Å². The molecule has 1 N–H and O–H groups in total. The Kier molecular flexibility index (Phi) is 6.33. The normalized spacial score (nSPS) is 13.6. The van der Waals surface area contributed by atoms with Gasteiger partial charge in [-0.05, 0) is 45.4 Å². The van der Waals surface area contributed by atoms with Crippen LogP contribution >= 0.6 is 15.9 Å². The van der Waals surface area contributed by atoms with Gasteiger partial charge in [-0.2, -0.15) is 0 Å². The van der Waals surface area contributed by atoms with Crippen molar-refractivity contribution in [3.05, 3.63) is 34.3 Å².